The fourth-order valence-electron chi connectivity index (χ4n) is 3.76. The number of halogens is 1. The molecule has 5 heterocycles. The molecule has 5 aliphatic heterocycles. The first-order valence-electron chi connectivity index (χ1n) is 9.92. The van der Waals surface area contributed by atoms with Crippen molar-refractivity contribution in [3.05, 3.63) is 123 Å². The van der Waals surface area contributed by atoms with Gasteiger partial charge in [0.05, 0.1) is 45.6 Å². The Morgan fingerprint density at radius 1 is 0.484 bits per heavy atom. The molecule has 5 heteroatoms. The fraction of sp³-hybridized carbons (Fsp3) is 0. The third kappa shape index (κ3) is 3.72. The average molecular weight is 510 g/mol. The summed E-state index contributed by atoms with van der Waals surface area (Å²) in [6.07, 6.45) is 22.2. The molecule has 4 nitrogen and oxygen atoms in total. The number of allylic oxidation sites excluding steroid dienone is 12. The van der Waals surface area contributed by atoms with Crippen LogP contribution in [-0.4, -0.2) is 22.8 Å². The molecule has 0 aliphatic carbocycles. The van der Waals surface area contributed by atoms with Crippen LogP contribution in [0.15, 0.2) is 134 Å². The maximum Gasteiger partial charge on any atom is 0.0737 e. The summed E-state index contributed by atoms with van der Waals surface area (Å²) in [4.78, 5) is 19.0. The summed E-state index contributed by atoms with van der Waals surface area (Å²) in [5, 5.41) is 0. The molecule has 0 saturated carbocycles. The van der Waals surface area contributed by atoms with E-state index in [2.05, 4.69) is 57.9 Å². The summed E-state index contributed by atoms with van der Waals surface area (Å²) in [7, 11) is 0. The molecule has 0 fully saturated rings. The first kappa shape index (κ1) is 18.3. The van der Waals surface area contributed by atoms with E-state index in [0.29, 0.717) is 0 Å². The molecule has 0 saturated heterocycles. The predicted octanol–water partition coefficient (Wildman–Crippen LogP) is 5.71. The maximum absolute atomic E-state index is 4.89. The highest BCUT2D eigenvalue weighted by molar-refractivity contribution is 14.1. The highest BCUT2D eigenvalue weighted by Crippen LogP contribution is 2.31. The van der Waals surface area contributed by atoms with Crippen LogP contribution < -0.4 is 0 Å². The first-order chi connectivity index (χ1) is 15.2. The van der Waals surface area contributed by atoms with Crippen LogP contribution in [0.3, 0.4) is 0 Å². The van der Waals surface area contributed by atoms with Crippen LogP contribution >= 0.6 is 22.6 Å². The second-order valence-corrected chi connectivity index (χ2v) is 8.69. The molecular weight excluding hydrogens is 495 g/mol. The Morgan fingerprint density at radius 2 is 1.00 bits per heavy atom. The van der Waals surface area contributed by atoms with Crippen molar-refractivity contribution in [2.75, 3.05) is 0 Å². The van der Waals surface area contributed by atoms with Crippen LogP contribution in [0.2, 0.25) is 0 Å². The third-order valence-corrected chi connectivity index (χ3v) is 5.91. The fourth-order valence-corrected chi connectivity index (χ4v) is 4.12. The lowest BCUT2D eigenvalue weighted by Gasteiger charge is -2.04. The molecule has 1 aromatic rings. The summed E-state index contributed by atoms with van der Waals surface area (Å²) in [6.45, 7) is 0. The van der Waals surface area contributed by atoms with E-state index < -0.39 is 0 Å². The number of fused-ring (bicyclic) bond motifs is 4. The lowest BCUT2D eigenvalue weighted by Crippen LogP contribution is -1.90. The molecule has 31 heavy (non-hydrogen) atoms. The van der Waals surface area contributed by atoms with Crippen molar-refractivity contribution in [2.45, 2.75) is 0 Å². The lowest BCUT2D eigenvalue weighted by atomic mass is 10.0. The standard InChI is InChI=1S/C26H15IN4/c27-17-3-1-16(2-4-17)25-14-24-13-22-8-7-20(29-22)11-18-5-6-19(28-18)12-21-9-10-23(30-21)15-26(25)31-24/h1-15H. The molecule has 0 amide bonds. The first-order valence-corrected chi connectivity index (χ1v) is 11.0. The van der Waals surface area contributed by atoms with E-state index in [1.165, 1.54) is 3.57 Å². The van der Waals surface area contributed by atoms with Gasteiger partial charge < -0.3 is 0 Å². The Balaban J connectivity index is 1.50. The topological polar surface area (TPSA) is 49.4 Å². The van der Waals surface area contributed by atoms with Crippen LogP contribution in [0.25, 0.3) is 5.57 Å². The number of aliphatic imine (C=N–C) groups is 4. The Morgan fingerprint density at radius 3 is 1.58 bits per heavy atom. The molecule has 0 radical (unpaired) electrons. The van der Waals surface area contributed by atoms with Crippen molar-refractivity contribution in [3.63, 3.8) is 0 Å². The minimum atomic E-state index is 0.877. The van der Waals surface area contributed by atoms with Crippen molar-refractivity contribution in [3.8, 4) is 0 Å². The number of hydrogen-bond acceptors (Lipinski definition) is 4. The van der Waals surface area contributed by atoms with Crippen molar-refractivity contribution in [1.82, 2.24) is 0 Å². The van der Waals surface area contributed by atoms with E-state index in [1.54, 1.807) is 0 Å². The molecule has 8 bridgehead atoms. The van der Waals surface area contributed by atoms with Gasteiger partial charge in [0, 0.05) is 9.14 Å². The minimum Gasteiger partial charge on any atom is -0.249 e. The Bertz CT molecular complexity index is 1400. The van der Waals surface area contributed by atoms with E-state index in [-0.39, 0.29) is 0 Å². The molecule has 0 N–H and O–H groups in total. The zero-order chi connectivity index (χ0) is 20.8. The molecule has 6 rings (SSSR count). The van der Waals surface area contributed by atoms with Crippen LogP contribution in [0.1, 0.15) is 5.56 Å². The molecule has 0 unspecified atom stereocenters. The summed E-state index contributed by atoms with van der Waals surface area (Å²) in [5.74, 6) is 0. The van der Waals surface area contributed by atoms with Crippen LogP contribution in [0.5, 0.6) is 0 Å². The number of benzene rings is 1. The highest BCUT2D eigenvalue weighted by atomic mass is 127. The van der Waals surface area contributed by atoms with Gasteiger partial charge in [0.2, 0.25) is 0 Å². The Labute approximate surface area is 193 Å². The third-order valence-electron chi connectivity index (χ3n) is 5.19. The summed E-state index contributed by atoms with van der Waals surface area (Å²) in [6, 6.07) is 8.49. The number of nitrogens with zero attached hydrogens (tertiary/aromatic N) is 4. The van der Waals surface area contributed by atoms with E-state index in [0.717, 1.165) is 56.8 Å². The summed E-state index contributed by atoms with van der Waals surface area (Å²) < 4.78 is 1.20. The molecule has 146 valence electrons. The number of hydrogen-bond donors (Lipinski definition) is 0. The second-order valence-electron chi connectivity index (χ2n) is 7.45. The zero-order valence-electron chi connectivity index (χ0n) is 16.3. The van der Waals surface area contributed by atoms with Crippen molar-refractivity contribution < 1.29 is 0 Å². The second kappa shape index (κ2) is 7.35. The van der Waals surface area contributed by atoms with Gasteiger partial charge in [0.25, 0.3) is 0 Å². The highest BCUT2D eigenvalue weighted by Gasteiger charge is 2.18. The van der Waals surface area contributed by atoms with Gasteiger partial charge >= 0.3 is 0 Å². The number of rotatable bonds is 1. The molecule has 5 aliphatic rings. The Kier molecular flexibility index (Phi) is 4.35. The van der Waals surface area contributed by atoms with E-state index in [1.807, 2.05) is 60.8 Å². The van der Waals surface area contributed by atoms with Crippen LogP contribution in [0.4, 0.5) is 0 Å². The quantitative estimate of drug-likeness (QED) is 0.435. The van der Waals surface area contributed by atoms with Crippen LogP contribution in [-0.2, 0) is 0 Å². The predicted molar refractivity (Wildman–Crippen MR) is 137 cm³/mol. The van der Waals surface area contributed by atoms with Gasteiger partial charge in [-0.25, -0.2) is 20.0 Å². The lowest BCUT2D eigenvalue weighted by molar-refractivity contribution is 1.41. The van der Waals surface area contributed by atoms with Crippen molar-refractivity contribution >= 4 is 51.0 Å². The van der Waals surface area contributed by atoms with Crippen molar-refractivity contribution in [1.29, 1.82) is 0 Å². The molecule has 0 spiro atoms. The van der Waals surface area contributed by atoms with Crippen LogP contribution in [0, 0.1) is 3.57 Å². The van der Waals surface area contributed by atoms with Gasteiger partial charge in [-0.2, -0.15) is 0 Å². The Hall–Kier alpha value is -3.45. The van der Waals surface area contributed by atoms with Gasteiger partial charge in [-0.3, -0.25) is 0 Å². The minimum absolute atomic E-state index is 0.877. The molecule has 1 aromatic carbocycles. The normalized spacial score (nSPS) is 20.5. The van der Waals surface area contributed by atoms with Gasteiger partial charge in [-0.1, -0.05) is 12.1 Å². The maximum atomic E-state index is 4.89. The summed E-state index contributed by atoms with van der Waals surface area (Å²) >= 11 is 2.32. The molecule has 0 aromatic heterocycles. The zero-order valence-corrected chi connectivity index (χ0v) is 18.5. The smallest absolute Gasteiger partial charge is 0.0737 e. The van der Waals surface area contributed by atoms with Gasteiger partial charge in [-0.05, 0) is 107 Å². The summed E-state index contributed by atoms with van der Waals surface area (Å²) in [5.41, 5.74) is 9.28. The SMILES string of the molecule is Ic1ccc(C2=CC3=NC2=CC2=NC(=CC4=NC(=CC5=NC(=C3)C=C5)C=C4)C=C2)cc1. The van der Waals surface area contributed by atoms with Crippen molar-refractivity contribution in [2.24, 2.45) is 20.0 Å². The van der Waals surface area contributed by atoms with Gasteiger partial charge in [0.1, 0.15) is 0 Å². The average Bonchev–Trinajstić information content (AvgIpc) is 3.54. The van der Waals surface area contributed by atoms with E-state index in [4.69, 9.17) is 15.0 Å². The molecule has 0 atom stereocenters. The molecular formula is C26H15IN4. The van der Waals surface area contributed by atoms with E-state index >= 15 is 0 Å². The largest absolute Gasteiger partial charge is 0.249 e. The van der Waals surface area contributed by atoms with Gasteiger partial charge in [0.15, 0.2) is 0 Å². The van der Waals surface area contributed by atoms with E-state index in [9.17, 15) is 0 Å². The monoisotopic (exact) mass is 510 g/mol. The van der Waals surface area contributed by atoms with Gasteiger partial charge in [-0.15, -0.1) is 0 Å².